The first-order chi connectivity index (χ1) is 7.95. The summed E-state index contributed by atoms with van der Waals surface area (Å²) in [6.07, 6.45) is 0.784. The van der Waals surface area contributed by atoms with Gasteiger partial charge >= 0.3 is 0 Å². The molecule has 0 radical (unpaired) electrons. The van der Waals surface area contributed by atoms with E-state index in [1.807, 2.05) is 0 Å². The Bertz CT molecular complexity index is 470. The quantitative estimate of drug-likeness (QED) is 0.775. The van der Waals surface area contributed by atoms with Gasteiger partial charge in [0, 0.05) is 20.1 Å². The third kappa shape index (κ3) is 4.33. The normalized spacial score (nSPS) is 11.5. The second-order valence-corrected chi connectivity index (χ2v) is 5.20. The summed E-state index contributed by atoms with van der Waals surface area (Å²) in [5, 5.41) is 5.06. The predicted octanol–water partition coefficient (Wildman–Crippen LogP) is 1.06. The molecule has 1 rings (SSSR count). The van der Waals surface area contributed by atoms with Crippen molar-refractivity contribution < 1.29 is 17.9 Å². The van der Waals surface area contributed by atoms with Crippen molar-refractivity contribution in [3.8, 4) is 5.75 Å². The molecule has 1 aromatic rings. The Balaban J connectivity index is 2.70. The van der Waals surface area contributed by atoms with E-state index < -0.39 is 10.0 Å². The highest BCUT2D eigenvalue weighted by Gasteiger charge is 2.11. The molecule has 96 valence electrons. The van der Waals surface area contributed by atoms with Gasteiger partial charge in [-0.05, 0) is 30.7 Å². The summed E-state index contributed by atoms with van der Waals surface area (Å²) in [4.78, 5) is 0.127. The van der Waals surface area contributed by atoms with Crippen molar-refractivity contribution in [1.82, 2.24) is 0 Å². The number of methoxy groups -OCH3 is 1. The fraction of sp³-hybridized carbons (Fsp3) is 0.455. The third-order valence-electron chi connectivity index (χ3n) is 2.21. The van der Waals surface area contributed by atoms with Crippen LogP contribution in [0.4, 0.5) is 0 Å². The zero-order valence-corrected chi connectivity index (χ0v) is 10.8. The van der Waals surface area contributed by atoms with Gasteiger partial charge < -0.3 is 9.47 Å². The fourth-order valence-corrected chi connectivity index (χ4v) is 2.19. The largest absolute Gasteiger partial charge is 0.493 e. The molecule has 0 aliphatic carbocycles. The van der Waals surface area contributed by atoms with E-state index in [0.29, 0.717) is 24.5 Å². The SMILES string of the molecule is COCCCOc1ccc(S(N)(=O)=O)c(C)c1. The Hall–Kier alpha value is -1.11. The lowest BCUT2D eigenvalue weighted by Crippen LogP contribution is -2.13. The minimum atomic E-state index is -3.65. The molecule has 0 atom stereocenters. The van der Waals surface area contributed by atoms with Crippen LogP contribution in [0.1, 0.15) is 12.0 Å². The zero-order valence-electron chi connectivity index (χ0n) is 9.97. The second-order valence-electron chi connectivity index (χ2n) is 3.67. The van der Waals surface area contributed by atoms with E-state index in [4.69, 9.17) is 14.6 Å². The summed E-state index contributed by atoms with van der Waals surface area (Å²) in [5.41, 5.74) is 0.580. The fourth-order valence-electron chi connectivity index (χ4n) is 1.42. The lowest BCUT2D eigenvalue weighted by Gasteiger charge is -2.08. The van der Waals surface area contributed by atoms with Gasteiger partial charge in [-0.1, -0.05) is 0 Å². The van der Waals surface area contributed by atoms with Crippen molar-refractivity contribution >= 4 is 10.0 Å². The van der Waals surface area contributed by atoms with Gasteiger partial charge in [-0.2, -0.15) is 0 Å². The molecule has 5 nitrogen and oxygen atoms in total. The van der Waals surface area contributed by atoms with Gasteiger partial charge in [0.05, 0.1) is 11.5 Å². The van der Waals surface area contributed by atoms with Crippen molar-refractivity contribution in [3.05, 3.63) is 23.8 Å². The van der Waals surface area contributed by atoms with Crippen molar-refractivity contribution in [2.24, 2.45) is 5.14 Å². The lowest BCUT2D eigenvalue weighted by atomic mass is 10.2. The van der Waals surface area contributed by atoms with Gasteiger partial charge in [-0.15, -0.1) is 0 Å². The number of nitrogens with two attached hydrogens (primary N) is 1. The number of hydrogen-bond donors (Lipinski definition) is 1. The third-order valence-corrected chi connectivity index (χ3v) is 3.29. The average molecular weight is 259 g/mol. The molecular formula is C11H17NO4S. The molecule has 0 heterocycles. The van der Waals surface area contributed by atoms with E-state index in [1.165, 1.54) is 6.07 Å². The molecule has 6 heteroatoms. The summed E-state index contributed by atoms with van der Waals surface area (Å²) >= 11 is 0. The van der Waals surface area contributed by atoms with E-state index in [9.17, 15) is 8.42 Å². The molecular weight excluding hydrogens is 242 g/mol. The second kappa shape index (κ2) is 6.00. The number of rotatable bonds is 6. The van der Waals surface area contributed by atoms with Crippen molar-refractivity contribution in [2.75, 3.05) is 20.3 Å². The van der Waals surface area contributed by atoms with E-state index in [2.05, 4.69) is 0 Å². The van der Waals surface area contributed by atoms with Crippen LogP contribution >= 0.6 is 0 Å². The van der Waals surface area contributed by atoms with E-state index in [1.54, 1.807) is 26.2 Å². The van der Waals surface area contributed by atoms with Gasteiger partial charge in [0.2, 0.25) is 10.0 Å². The summed E-state index contributed by atoms with van der Waals surface area (Å²) in [7, 11) is -2.02. The topological polar surface area (TPSA) is 78.6 Å². The molecule has 0 saturated carbocycles. The number of sulfonamides is 1. The zero-order chi connectivity index (χ0) is 12.9. The Morgan fingerprint density at radius 2 is 2.00 bits per heavy atom. The summed E-state index contributed by atoms with van der Waals surface area (Å²) in [6, 6.07) is 4.71. The molecule has 0 aliphatic heterocycles. The summed E-state index contributed by atoms with van der Waals surface area (Å²) in [5.74, 6) is 0.631. The molecule has 0 saturated heterocycles. The number of hydrogen-bond acceptors (Lipinski definition) is 4. The van der Waals surface area contributed by atoms with Crippen molar-refractivity contribution in [1.29, 1.82) is 0 Å². The first kappa shape index (κ1) is 14.0. The van der Waals surface area contributed by atoms with Crippen LogP contribution < -0.4 is 9.88 Å². The highest BCUT2D eigenvalue weighted by molar-refractivity contribution is 7.89. The molecule has 0 bridgehead atoms. The minimum absolute atomic E-state index is 0.127. The standard InChI is InChI=1S/C11H17NO4S/c1-9-8-10(16-7-3-6-15-2)4-5-11(9)17(12,13)14/h4-5,8H,3,6-7H2,1-2H3,(H2,12,13,14). The predicted molar refractivity (Wildman–Crippen MR) is 64.5 cm³/mol. The minimum Gasteiger partial charge on any atom is -0.493 e. The summed E-state index contributed by atoms with van der Waals surface area (Å²) < 4.78 is 32.7. The number of primary sulfonamides is 1. The van der Waals surface area contributed by atoms with Gasteiger partial charge in [0.25, 0.3) is 0 Å². The van der Waals surface area contributed by atoms with E-state index in [0.717, 1.165) is 6.42 Å². The Labute approximate surface area is 102 Å². The maximum Gasteiger partial charge on any atom is 0.238 e. The van der Waals surface area contributed by atoms with Crippen molar-refractivity contribution in [2.45, 2.75) is 18.2 Å². The molecule has 0 spiro atoms. The Kier molecular flexibility index (Phi) is 4.92. The number of ether oxygens (including phenoxy) is 2. The first-order valence-electron chi connectivity index (χ1n) is 5.20. The van der Waals surface area contributed by atoms with Crippen LogP contribution in [-0.2, 0) is 14.8 Å². The maximum absolute atomic E-state index is 11.2. The Morgan fingerprint density at radius 1 is 1.29 bits per heavy atom. The van der Waals surface area contributed by atoms with Crippen LogP contribution in [0.15, 0.2) is 23.1 Å². The molecule has 0 unspecified atom stereocenters. The molecule has 1 aromatic carbocycles. The van der Waals surface area contributed by atoms with Gasteiger partial charge in [0.1, 0.15) is 5.75 Å². The van der Waals surface area contributed by atoms with Crippen LogP contribution in [0.2, 0.25) is 0 Å². The smallest absolute Gasteiger partial charge is 0.238 e. The van der Waals surface area contributed by atoms with Crippen LogP contribution in [-0.4, -0.2) is 28.7 Å². The van der Waals surface area contributed by atoms with E-state index in [-0.39, 0.29) is 4.90 Å². The first-order valence-corrected chi connectivity index (χ1v) is 6.75. The van der Waals surface area contributed by atoms with Gasteiger partial charge in [-0.25, -0.2) is 13.6 Å². The molecule has 2 N–H and O–H groups in total. The van der Waals surface area contributed by atoms with Crippen molar-refractivity contribution in [3.63, 3.8) is 0 Å². The molecule has 0 aromatic heterocycles. The average Bonchev–Trinajstić information content (AvgIpc) is 2.23. The molecule has 0 fully saturated rings. The maximum atomic E-state index is 11.2. The molecule has 0 aliphatic rings. The summed E-state index contributed by atoms with van der Waals surface area (Å²) in [6.45, 7) is 2.85. The van der Waals surface area contributed by atoms with Crippen LogP contribution in [0.25, 0.3) is 0 Å². The molecule has 17 heavy (non-hydrogen) atoms. The number of benzene rings is 1. The van der Waals surface area contributed by atoms with Crippen LogP contribution in [0.5, 0.6) is 5.75 Å². The lowest BCUT2D eigenvalue weighted by molar-refractivity contribution is 0.172. The van der Waals surface area contributed by atoms with Crippen LogP contribution in [0.3, 0.4) is 0 Å². The monoisotopic (exact) mass is 259 g/mol. The van der Waals surface area contributed by atoms with Gasteiger partial charge in [0.15, 0.2) is 0 Å². The van der Waals surface area contributed by atoms with E-state index >= 15 is 0 Å². The van der Waals surface area contributed by atoms with Gasteiger partial charge in [-0.3, -0.25) is 0 Å². The molecule has 0 amide bonds. The Morgan fingerprint density at radius 3 is 2.53 bits per heavy atom. The van der Waals surface area contributed by atoms with Crippen LogP contribution in [0, 0.1) is 6.92 Å². The number of aryl methyl sites for hydroxylation is 1. The highest BCUT2D eigenvalue weighted by atomic mass is 32.2. The highest BCUT2D eigenvalue weighted by Crippen LogP contribution is 2.20.